The number of aryl methyl sites for hydroxylation is 1. The number of aliphatic hydroxyl groups excluding tert-OH is 1. The first-order valence-electron chi connectivity index (χ1n) is 7.89. The highest BCUT2D eigenvalue weighted by molar-refractivity contribution is 5.74. The lowest BCUT2D eigenvalue weighted by Gasteiger charge is -2.15. The molecule has 2 rings (SSSR count). The monoisotopic (exact) mass is 332 g/mol. The Labute approximate surface area is 140 Å². The first-order chi connectivity index (χ1) is 11.6. The minimum Gasteiger partial charge on any atom is -0.491 e. The van der Waals surface area contributed by atoms with E-state index in [9.17, 15) is 14.3 Å². The Bertz CT molecular complexity index is 655. The third-order valence-corrected chi connectivity index (χ3v) is 3.43. The average Bonchev–Trinajstić information content (AvgIpc) is 2.60. The predicted molar refractivity (Wildman–Crippen MR) is 89.2 cm³/mol. The zero-order valence-electron chi connectivity index (χ0n) is 13.6. The van der Waals surface area contributed by atoms with Crippen LogP contribution < -0.4 is 9.47 Å². The molecule has 4 nitrogen and oxygen atoms in total. The number of halogens is 1. The largest absolute Gasteiger partial charge is 0.491 e. The summed E-state index contributed by atoms with van der Waals surface area (Å²) in [5, 5.41) is 9.97. The van der Waals surface area contributed by atoms with Gasteiger partial charge in [-0.2, -0.15) is 0 Å². The minimum absolute atomic E-state index is 0.0504. The lowest BCUT2D eigenvalue weighted by molar-refractivity contribution is 0.0623. The molecule has 0 aliphatic heterocycles. The van der Waals surface area contributed by atoms with Gasteiger partial charge in [0.05, 0.1) is 0 Å². The molecule has 0 amide bonds. The van der Waals surface area contributed by atoms with Crippen molar-refractivity contribution < 1.29 is 23.8 Å². The summed E-state index contributed by atoms with van der Waals surface area (Å²) in [7, 11) is 0. The van der Waals surface area contributed by atoms with Crippen LogP contribution in [0.1, 0.15) is 29.3 Å². The first-order valence-corrected chi connectivity index (χ1v) is 7.89. The molecule has 0 saturated heterocycles. The number of hydrogen-bond acceptors (Lipinski definition) is 4. The van der Waals surface area contributed by atoms with Gasteiger partial charge in [-0.25, -0.2) is 4.39 Å². The van der Waals surface area contributed by atoms with Gasteiger partial charge < -0.3 is 14.6 Å². The molecule has 2 aromatic rings. The molecule has 2 aromatic carbocycles. The maximum atomic E-state index is 13.3. The zero-order valence-corrected chi connectivity index (χ0v) is 13.6. The van der Waals surface area contributed by atoms with Crippen LogP contribution >= 0.6 is 0 Å². The molecular formula is C19H21FO4. The molecule has 0 spiro atoms. The SMILES string of the molecule is CCCc1cc(F)ccc1OCC(O)COc1ccc(C=O)cc1. The summed E-state index contributed by atoms with van der Waals surface area (Å²) < 4.78 is 24.3. The van der Waals surface area contributed by atoms with E-state index in [0.717, 1.165) is 18.3 Å². The van der Waals surface area contributed by atoms with Gasteiger partial charge in [0.25, 0.3) is 0 Å². The summed E-state index contributed by atoms with van der Waals surface area (Å²) in [4.78, 5) is 10.6. The van der Waals surface area contributed by atoms with Crippen LogP contribution in [0.5, 0.6) is 11.5 Å². The Morgan fingerprint density at radius 2 is 1.83 bits per heavy atom. The number of benzene rings is 2. The maximum Gasteiger partial charge on any atom is 0.150 e. The van der Waals surface area contributed by atoms with Gasteiger partial charge in [-0.15, -0.1) is 0 Å². The molecule has 0 radical (unpaired) electrons. The molecule has 1 atom stereocenters. The number of hydrogen-bond donors (Lipinski definition) is 1. The van der Waals surface area contributed by atoms with E-state index in [2.05, 4.69) is 0 Å². The number of carbonyl (C=O) groups excluding carboxylic acids is 1. The Morgan fingerprint density at radius 3 is 2.50 bits per heavy atom. The lowest BCUT2D eigenvalue weighted by atomic mass is 10.1. The van der Waals surface area contributed by atoms with Gasteiger partial charge in [-0.05, 0) is 54.4 Å². The summed E-state index contributed by atoms with van der Waals surface area (Å²) in [6, 6.07) is 11.0. The molecule has 0 fully saturated rings. The van der Waals surface area contributed by atoms with Crippen LogP contribution in [0.4, 0.5) is 4.39 Å². The van der Waals surface area contributed by atoms with Crippen LogP contribution in [0.2, 0.25) is 0 Å². The molecule has 5 heteroatoms. The van der Waals surface area contributed by atoms with Crippen LogP contribution in [-0.4, -0.2) is 30.7 Å². The van der Waals surface area contributed by atoms with Gasteiger partial charge >= 0.3 is 0 Å². The van der Waals surface area contributed by atoms with Crippen molar-refractivity contribution in [3.8, 4) is 11.5 Å². The van der Waals surface area contributed by atoms with E-state index >= 15 is 0 Å². The van der Waals surface area contributed by atoms with Crippen molar-refractivity contribution in [2.75, 3.05) is 13.2 Å². The average molecular weight is 332 g/mol. The molecule has 0 heterocycles. The highest BCUT2D eigenvalue weighted by atomic mass is 19.1. The number of ether oxygens (including phenoxy) is 2. The second kappa shape index (κ2) is 9.03. The fourth-order valence-electron chi connectivity index (χ4n) is 2.22. The van der Waals surface area contributed by atoms with E-state index in [1.807, 2.05) is 6.92 Å². The summed E-state index contributed by atoms with van der Waals surface area (Å²) in [5.74, 6) is 0.842. The number of carbonyl (C=O) groups is 1. The predicted octanol–water partition coefficient (Wildman–Crippen LogP) is 3.41. The summed E-state index contributed by atoms with van der Waals surface area (Å²) in [6.45, 7) is 2.12. The van der Waals surface area contributed by atoms with Crippen LogP contribution in [0.15, 0.2) is 42.5 Å². The topological polar surface area (TPSA) is 55.8 Å². The van der Waals surface area contributed by atoms with Crippen molar-refractivity contribution in [3.63, 3.8) is 0 Å². The summed E-state index contributed by atoms with van der Waals surface area (Å²) >= 11 is 0. The van der Waals surface area contributed by atoms with E-state index in [1.54, 1.807) is 30.3 Å². The smallest absolute Gasteiger partial charge is 0.150 e. The molecule has 0 aliphatic rings. The number of aldehydes is 1. The Hall–Kier alpha value is -2.40. The first kappa shape index (κ1) is 17.9. The fourth-order valence-corrected chi connectivity index (χ4v) is 2.22. The van der Waals surface area contributed by atoms with Gasteiger partial charge in [0.2, 0.25) is 0 Å². The minimum atomic E-state index is -0.824. The van der Waals surface area contributed by atoms with E-state index in [0.29, 0.717) is 23.5 Å². The third kappa shape index (κ3) is 5.35. The normalized spacial score (nSPS) is 11.8. The summed E-state index contributed by atoms with van der Waals surface area (Å²) in [6.07, 6.45) is 1.52. The van der Waals surface area contributed by atoms with Gasteiger partial charge in [-0.1, -0.05) is 13.3 Å². The van der Waals surface area contributed by atoms with E-state index in [1.165, 1.54) is 12.1 Å². The van der Waals surface area contributed by atoms with Gasteiger partial charge in [0.15, 0.2) is 0 Å². The second-order valence-electron chi connectivity index (χ2n) is 5.46. The number of rotatable bonds is 9. The van der Waals surface area contributed by atoms with Crippen molar-refractivity contribution in [1.82, 2.24) is 0 Å². The lowest BCUT2D eigenvalue weighted by Crippen LogP contribution is -2.25. The molecule has 1 N–H and O–H groups in total. The molecular weight excluding hydrogens is 311 g/mol. The van der Waals surface area contributed by atoms with Crippen molar-refractivity contribution in [3.05, 3.63) is 59.4 Å². The van der Waals surface area contributed by atoms with E-state index in [4.69, 9.17) is 9.47 Å². The van der Waals surface area contributed by atoms with E-state index < -0.39 is 6.10 Å². The van der Waals surface area contributed by atoms with Gasteiger partial charge in [-0.3, -0.25) is 4.79 Å². The standard InChI is InChI=1S/C19H21FO4/c1-2-3-15-10-16(20)6-9-19(15)24-13-17(22)12-23-18-7-4-14(11-21)5-8-18/h4-11,17,22H,2-3,12-13H2,1H3. The number of aliphatic hydroxyl groups is 1. The fraction of sp³-hybridized carbons (Fsp3) is 0.316. The maximum absolute atomic E-state index is 13.3. The van der Waals surface area contributed by atoms with Gasteiger partial charge in [0.1, 0.15) is 42.9 Å². The molecule has 0 saturated carbocycles. The molecule has 0 bridgehead atoms. The van der Waals surface area contributed by atoms with E-state index in [-0.39, 0.29) is 19.0 Å². The third-order valence-electron chi connectivity index (χ3n) is 3.43. The van der Waals surface area contributed by atoms with Crippen molar-refractivity contribution in [1.29, 1.82) is 0 Å². The quantitative estimate of drug-likeness (QED) is 0.715. The van der Waals surface area contributed by atoms with Crippen LogP contribution in [0.3, 0.4) is 0 Å². The molecule has 1 unspecified atom stereocenters. The van der Waals surface area contributed by atoms with Crippen LogP contribution in [-0.2, 0) is 6.42 Å². The van der Waals surface area contributed by atoms with Gasteiger partial charge in [0, 0.05) is 5.56 Å². The Balaban J connectivity index is 1.84. The van der Waals surface area contributed by atoms with Crippen LogP contribution in [0.25, 0.3) is 0 Å². The molecule has 0 aromatic heterocycles. The second-order valence-corrected chi connectivity index (χ2v) is 5.46. The summed E-state index contributed by atoms with van der Waals surface area (Å²) in [5.41, 5.74) is 1.35. The van der Waals surface area contributed by atoms with Crippen molar-refractivity contribution in [2.24, 2.45) is 0 Å². The zero-order chi connectivity index (χ0) is 17.4. The highest BCUT2D eigenvalue weighted by Crippen LogP contribution is 2.21. The highest BCUT2D eigenvalue weighted by Gasteiger charge is 2.10. The molecule has 128 valence electrons. The van der Waals surface area contributed by atoms with Crippen molar-refractivity contribution >= 4 is 6.29 Å². The Kier molecular flexibility index (Phi) is 6.75. The van der Waals surface area contributed by atoms with Crippen LogP contribution in [0, 0.1) is 5.82 Å². The van der Waals surface area contributed by atoms with Crippen molar-refractivity contribution in [2.45, 2.75) is 25.9 Å². The Morgan fingerprint density at radius 1 is 1.12 bits per heavy atom. The molecule has 0 aliphatic carbocycles. The molecule has 24 heavy (non-hydrogen) atoms.